The summed E-state index contributed by atoms with van der Waals surface area (Å²) in [5, 5.41) is 2.93. The number of fused-ring (bicyclic) bond motifs is 2. The molecule has 0 fully saturated rings. The lowest BCUT2D eigenvalue weighted by atomic mass is 10.0. The maximum absolute atomic E-state index is 12.3. The van der Waals surface area contributed by atoms with Crippen molar-refractivity contribution in [3.05, 3.63) is 23.3 Å². The van der Waals surface area contributed by atoms with Crippen LogP contribution in [0.2, 0.25) is 0 Å². The van der Waals surface area contributed by atoms with Crippen LogP contribution in [0.1, 0.15) is 45.2 Å². The molecule has 1 unspecified atom stereocenters. The molecule has 0 radical (unpaired) electrons. The van der Waals surface area contributed by atoms with E-state index in [1.54, 1.807) is 4.90 Å². The van der Waals surface area contributed by atoms with Gasteiger partial charge >= 0.3 is 6.09 Å². The van der Waals surface area contributed by atoms with E-state index in [0.29, 0.717) is 19.5 Å². The summed E-state index contributed by atoms with van der Waals surface area (Å²) in [5.74, 6) is 0.620. The number of hydrogen-bond acceptors (Lipinski definition) is 4. The molecule has 3 rings (SSSR count). The lowest BCUT2D eigenvalue weighted by Gasteiger charge is -2.26. The van der Waals surface area contributed by atoms with Gasteiger partial charge in [0.1, 0.15) is 11.4 Å². The number of benzene rings is 1. The van der Waals surface area contributed by atoms with Crippen LogP contribution in [0.25, 0.3) is 0 Å². The van der Waals surface area contributed by atoms with Crippen LogP contribution in [-0.4, -0.2) is 41.7 Å². The molecule has 0 aromatic heterocycles. The van der Waals surface area contributed by atoms with Crippen LogP contribution in [0.15, 0.2) is 12.1 Å². The van der Waals surface area contributed by atoms with Crippen molar-refractivity contribution in [3.63, 3.8) is 0 Å². The largest absolute Gasteiger partial charge is 0.478 e. The normalized spacial score (nSPS) is 19.9. The first-order valence-corrected chi connectivity index (χ1v) is 8.88. The Hall–Kier alpha value is -2.24. The van der Waals surface area contributed by atoms with E-state index in [0.717, 1.165) is 35.4 Å². The highest BCUT2D eigenvalue weighted by Gasteiger charge is 2.29. The topological polar surface area (TPSA) is 67.9 Å². The Labute approximate surface area is 148 Å². The van der Waals surface area contributed by atoms with Gasteiger partial charge in [0.05, 0.1) is 5.69 Å². The number of carbonyl (C=O) groups excluding carboxylic acids is 2. The fraction of sp³-hybridized carbons (Fsp3) is 0.579. The van der Waals surface area contributed by atoms with E-state index in [2.05, 4.69) is 5.32 Å². The number of hydrogen-bond donors (Lipinski definition) is 1. The number of carbonyl (C=O) groups is 2. The lowest BCUT2D eigenvalue weighted by molar-refractivity contribution is -0.123. The third-order valence-corrected chi connectivity index (χ3v) is 4.45. The van der Waals surface area contributed by atoms with Crippen molar-refractivity contribution >= 4 is 17.7 Å². The van der Waals surface area contributed by atoms with E-state index in [1.165, 1.54) is 0 Å². The number of nitrogens with one attached hydrogen (secondary N) is 1. The van der Waals surface area contributed by atoms with Gasteiger partial charge in [0, 0.05) is 13.1 Å². The molecule has 6 heteroatoms. The van der Waals surface area contributed by atoms with Crippen molar-refractivity contribution in [3.8, 4) is 5.75 Å². The van der Waals surface area contributed by atoms with Gasteiger partial charge in [-0.05, 0) is 63.3 Å². The van der Waals surface area contributed by atoms with Crippen LogP contribution < -0.4 is 10.1 Å². The highest BCUT2D eigenvalue weighted by molar-refractivity contribution is 5.97. The molecule has 1 aromatic rings. The molecular weight excluding hydrogens is 320 g/mol. The van der Waals surface area contributed by atoms with Crippen molar-refractivity contribution < 1.29 is 19.1 Å². The quantitative estimate of drug-likeness (QED) is 0.848. The summed E-state index contributed by atoms with van der Waals surface area (Å²) in [4.78, 5) is 26.1. The van der Waals surface area contributed by atoms with Gasteiger partial charge in [-0.3, -0.25) is 4.79 Å². The SMILES string of the molecule is CCC1Oc2cc3c(cc2NC1=O)CCN(C(=O)OC(C)(C)C)CC3. The molecule has 0 aliphatic carbocycles. The zero-order valence-electron chi connectivity index (χ0n) is 15.3. The summed E-state index contributed by atoms with van der Waals surface area (Å²) in [6, 6.07) is 3.98. The zero-order chi connectivity index (χ0) is 18.2. The third-order valence-electron chi connectivity index (χ3n) is 4.45. The predicted molar refractivity (Wildman–Crippen MR) is 95.0 cm³/mol. The summed E-state index contributed by atoms with van der Waals surface area (Å²) in [6.45, 7) is 8.76. The van der Waals surface area contributed by atoms with Crippen molar-refractivity contribution in [1.29, 1.82) is 0 Å². The molecule has 1 atom stereocenters. The fourth-order valence-corrected chi connectivity index (χ4v) is 3.15. The Balaban J connectivity index is 1.77. The fourth-order valence-electron chi connectivity index (χ4n) is 3.15. The monoisotopic (exact) mass is 346 g/mol. The van der Waals surface area contributed by atoms with Gasteiger partial charge in [0.15, 0.2) is 6.10 Å². The van der Waals surface area contributed by atoms with Crippen LogP contribution in [0, 0.1) is 0 Å². The second-order valence-electron chi connectivity index (χ2n) is 7.59. The number of anilines is 1. The van der Waals surface area contributed by atoms with E-state index in [4.69, 9.17) is 9.47 Å². The van der Waals surface area contributed by atoms with Crippen LogP contribution in [0.5, 0.6) is 5.75 Å². The van der Waals surface area contributed by atoms with E-state index in [9.17, 15) is 9.59 Å². The maximum atomic E-state index is 12.3. The molecule has 2 aliphatic rings. The Morgan fingerprint density at radius 2 is 1.92 bits per heavy atom. The van der Waals surface area contributed by atoms with Gasteiger partial charge in [0.25, 0.3) is 5.91 Å². The minimum absolute atomic E-state index is 0.0982. The van der Waals surface area contributed by atoms with Gasteiger partial charge in [-0.1, -0.05) is 6.92 Å². The van der Waals surface area contributed by atoms with Gasteiger partial charge in [0.2, 0.25) is 0 Å². The standard InChI is InChI=1S/C19H26N2O4/c1-5-15-17(22)20-14-10-12-6-8-21(18(23)25-19(2,3)4)9-7-13(12)11-16(14)24-15/h10-11,15H,5-9H2,1-4H3,(H,20,22). The Morgan fingerprint density at radius 3 is 2.52 bits per heavy atom. The molecule has 0 saturated heterocycles. The van der Waals surface area contributed by atoms with E-state index < -0.39 is 11.7 Å². The lowest BCUT2D eigenvalue weighted by Crippen LogP contribution is -2.38. The molecule has 6 nitrogen and oxygen atoms in total. The number of ether oxygens (including phenoxy) is 2. The minimum atomic E-state index is -0.497. The molecule has 25 heavy (non-hydrogen) atoms. The summed E-state index contributed by atoms with van der Waals surface area (Å²) in [6.07, 6.45) is 1.40. The highest BCUT2D eigenvalue weighted by atomic mass is 16.6. The smallest absolute Gasteiger partial charge is 0.410 e. The van der Waals surface area contributed by atoms with Crippen molar-refractivity contribution in [1.82, 2.24) is 4.90 Å². The summed E-state index contributed by atoms with van der Waals surface area (Å²) in [7, 11) is 0. The number of nitrogens with zero attached hydrogens (tertiary/aromatic N) is 1. The van der Waals surface area contributed by atoms with Crippen molar-refractivity contribution in [2.75, 3.05) is 18.4 Å². The molecule has 0 spiro atoms. The zero-order valence-corrected chi connectivity index (χ0v) is 15.3. The minimum Gasteiger partial charge on any atom is -0.478 e. The van der Waals surface area contributed by atoms with Gasteiger partial charge in [-0.2, -0.15) is 0 Å². The Bertz CT molecular complexity index is 693. The second-order valence-corrected chi connectivity index (χ2v) is 7.59. The van der Waals surface area contributed by atoms with Crippen molar-refractivity contribution in [2.24, 2.45) is 0 Å². The maximum Gasteiger partial charge on any atom is 0.410 e. The van der Waals surface area contributed by atoms with Crippen LogP contribution >= 0.6 is 0 Å². The third kappa shape index (κ3) is 3.89. The molecule has 2 aliphatic heterocycles. The molecule has 1 N–H and O–H groups in total. The average Bonchev–Trinajstić information content (AvgIpc) is 2.72. The molecule has 2 amide bonds. The molecule has 1 aromatic carbocycles. The Kier molecular flexibility index (Phi) is 4.62. The first kappa shape index (κ1) is 17.6. The second kappa shape index (κ2) is 6.58. The van der Waals surface area contributed by atoms with E-state index in [-0.39, 0.29) is 12.0 Å². The van der Waals surface area contributed by atoms with Crippen molar-refractivity contribution in [2.45, 2.75) is 58.7 Å². The van der Waals surface area contributed by atoms with Crippen LogP contribution in [-0.2, 0) is 22.4 Å². The van der Waals surface area contributed by atoms with Gasteiger partial charge < -0.3 is 19.7 Å². The predicted octanol–water partition coefficient (Wildman–Crippen LogP) is 3.13. The van der Waals surface area contributed by atoms with E-state index in [1.807, 2.05) is 39.8 Å². The Morgan fingerprint density at radius 1 is 1.28 bits per heavy atom. The van der Waals surface area contributed by atoms with Gasteiger partial charge in [-0.25, -0.2) is 4.79 Å². The molecule has 0 saturated carbocycles. The summed E-state index contributed by atoms with van der Waals surface area (Å²) in [5.41, 5.74) is 2.53. The van der Waals surface area contributed by atoms with E-state index >= 15 is 0 Å². The molecule has 136 valence electrons. The molecular formula is C19H26N2O4. The van der Waals surface area contributed by atoms with Gasteiger partial charge in [-0.15, -0.1) is 0 Å². The first-order valence-electron chi connectivity index (χ1n) is 8.88. The average molecular weight is 346 g/mol. The van der Waals surface area contributed by atoms with Crippen LogP contribution in [0.3, 0.4) is 0 Å². The molecule has 2 heterocycles. The number of rotatable bonds is 1. The summed E-state index contributed by atoms with van der Waals surface area (Å²) >= 11 is 0. The van der Waals surface area contributed by atoms with Crippen LogP contribution in [0.4, 0.5) is 10.5 Å². The first-order chi connectivity index (χ1) is 11.8. The number of amides is 2. The highest BCUT2D eigenvalue weighted by Crippen LogP contribution is 2.34. The summed E-state index contributed by atoms with van der Waals surface area (Å²) < 4.78 is 11.3. The molecule has 0 bridgehead atoms.